The van der Waals surface area contributed by atoms with Crippen molar-refractivity contribution in [3.05, 3.63) is 11.6 Å². The van der Waals surface area contributed by atoms with Gasteiger partial charge < -0.3 is 10.1 Å². The average Bonchev–Trinajstić information content (AvgIpc) is 2.60. The lowest BCUT2D eigenvalue weighted by atomic mass is 10.0. The molecule has 0 aromatic rings. The summed E-state index contributed by atoms with van der Waals surface area (Å²) >= 11 is 0. The van der Waals surface area contributed by atoms with Crippen LogP contribution in [0.4, 0.5) is 0 Å². The molecule has 1 heterocycles. The Morgan fingerprint density at radius 1 is 1.50 bits per heavy atom. The zero-order valence-electron chi connectivity index (χ0n) is 11.4. The molecule has 0 unspecified atom stereocenters. The normalized spacial score (nSPS) is 25.4. The summed E-state index contributed by atoms with van der Waals surface area (Å²) in [6.45, 7) is 11.7. The number of hydrogen-bond acceptors (Lipinski definition) is 2. The average molecular weight is 241 g/mol. The number of nitrogens with one attached hydrogen (secondary N) is 1. The molecule has 1 aliphatic heterocycles. The summed E-state index contributed by atoms with van der Waals surface area (Å²) in [5.74, 6) is 0. The van der Waals surface area contributed by atoms with E-state index in [2.05, 4.69) is 32.2 Å². The van der Waals surface area contributed by atoms with Crippen molar-refractivity contribution in [1.82, 2.24) is 5.32 Å². The molecule has 0 bridgehead atoms. The fraction of sp³-hybridized carbons (Fsp3) is 0.846. The number of rotatable bonds is 4. The minimum Gasteiger partial charge on any atom is -0.432 e. The molecule has 0 aromatic carbocycles. The molecular formula is C13H27NOSi. The predicted molar refractivity (Wildman–Crippen MR) is 73.1 cm³/mol. The Morgan fingerprint density at radius 2 is 2.12 bits per heavy atom. The van der Waals surface area contributed by atoms with Gasteiger partial charge in [0.25, 0.3) is 0 Å². The first-order valence-electron chi connectivity index (χ1n) is 6.36. The molecule has 2 nitrogen and oxygen atoms in total. The summed E-state index contributed by atoms with van der Waals surface area (Å²) in [5.41, 5.74) is 1.53. The van der Waals surface area contributed by atoms with Gasteiger partial charge in [0.2, 0.25) is 0 Å². The van der Waals surface area contributed by atoms with Gasteiger partial charge in [-0.25, -0.2) is 0 Å². The Kier molecular flexibility index (Phi) is 4.38. The summed E-state index contributed by atoms with van der Waals surface area (Å²) in [6.07, 6.45) is 5.72. The molecule has 0 spiro atoms. The Hall–Kier alpha value is -0.123. The largest absolute Gasteiger partial charge is 0.432 e. The highest BCUT2D eigenvalue weighted by atomic mass is 28.4. The topological polar surface area (TPSA) is 32.3 Å². The maximum Gasteiger partial charge on any atom is 0.188 e. The predicted octanol–water partition coefficient (Wildman–Crippen LogP) is 3.05. The van der Waals surface area contributed by atoms with Gasteiger partial charge in [0.1, 0.15) is 0 Å². The van der Waals surface area contributed by atoms with E-state index in [0.29, 0.717) is 6.04 Å². The van der Waals surface area contributed by atoms with Gasteiger partial charge in [0, 0.05) is 12.6 Å². The van der Waals surface area contributed by atoms with Crippen molar-refractivity contribution in [1.29, 1.82) is 0 Å². The second-order valence-corrected chi connectivity index (χ2v) is 10.7. The van der Waals surface area contributed by atoms with E-state index >= 15 is 0 Å². The van der Waals surface area contributed by atoms with Crippen LogP contribution < -0.4 is 5.32 Å². The number of hydrogen-bond donors (Lipinski definition) is 2. The number of allylic oxidation sites excluding steroid dienone is 1. The van der Waals surface area contributed by atoms with Crippen LogP contribution in [0.3, 0.4) is 0 Å². The van der Waals surface area contributed by atoms with Crippen LogP contribution in [0.25, 0.3) is 0 Å². The van der Waals surface area contributed by atoms with Gasteiger partial charge >= 0.3 is 0 Å². The third kappa shape index (κ3) is 3.44. The molecule has 0 saturated carbocycles. The van der Waals surface area contributed by atoms with Crippen LogP contribution in [-0.4, -0.2) is 25.7 Å². The monoisotopic (exact) mass is 241 g/mol. The fourth-order valence-electron chi connectivity index (χ4n) is 2.00. The van der Waals surface area contributed by atoms with Gasteiger partial charge in [-0.05, 0) is 44.3 Å². The van der Waals surface area contributed by atoms with Gasteiger partial charge in [-0.3, -0.25) is 0 Å². The second-order valence-electron chi connectivity index (χ2n) is 6.21. The first-order valence-corrected chi connectivity index (χ1v) is 9.31. The highest BCUT2D eigenvalue weighted by molar-refractivity contribution is 6.72. The molecule has 1 atom stereocenters. The van der Waals surface area contributed by atoms with Crippen LogP contribution in [0.15, 0.2) is 11.6 Å². The Labute approximate surface area is 101 Å². The molecule has 0 amide bonds. The molecular weight excluding hydrogens is 214 g/mol. The lowest BCUT2D eigenvalue weighted by molar-refractivity contribution is 0.417. The molecule has 1 saturated heterocycles. The Bertz CT molecular complexity index is 266. The van der Waals surface area contributed by atoms with Crippen LogP contribution in [0.5, 0.6) is 0 Å². The third-order valence-electron chi connectivity index (χ3n) is 4.31. The lowest BCUT2D eigenvalue weighted by Gasteiger charge is -2.35. The van der Waals surface area contributed by atoms with Crippen molar-refractivity contribution in [2.24, 2.45) is 0 Å². The molecule has 1 fully saturated rings. The maximum atomic E-state index is 10.2. The quantitative estimate of drug-likeness (QED) is 0.586. The zero-order valence-corrected chi connectivity index (χ0v) is 12.4. The summed E-state index contributed by atoms with van der Waals surface area (Å²) < 4.78 is 0. The van der Waals surface area contributed by atoms with Gasteiger partial charge in [0.05, 0.1) is 0 Å². The summed E-state index contributed by atoms with van der Waals surface area (Å²) in [5, 5.41) is 3.67. The van der Waals surface area contributed by atoms with E-state index in [1.54, 1.807) is 0 Å². The highest BCUT2D eigenvalue weighted by Crippen LogP contribution is 2.40. The standard InChI is InChI=1S/C13H27NOSi/c1-6-11-9-12(14-10-11)7-8-13(2,3)16(4,5)15/h6,12,14-15H,7-10H2,1-5H3/t12-/m1/s1. The van der Waals surface area contributed by atoms with E-state index in [1.165, 1.54) is 18.4 Å². The van der Waals surface area contributed by atoms with Crippen molar-refractivity contribution >= 4 is 8.32 Å². The van der Waals surface area contributed by atoms with Crippen molar-refractivity contribution in [3.8, 4) is 0 Å². The zero-order chi connectivity index (χ0) is 12.4. The van der Waals surface area contributed by atoms with E-state index in [-0.39, 0.29) is 5.04 Å². The van der Waals surface area contributed by atoms with E-state index in [9.17, 15) is 4.80 Å². The fourth-order valence-corrected chi connectivity index (χ4v) is 2.76. The molecule has 1 rings (SSSR count). The van der Waals surface area contributed by atoms with Crippen molar-refractivity contribution in [3.63, 3.8) is 0 Å². The molecule has 16 heavy (non-hydrogen) atoms. The summed E-state index contributed by atoms with van der Waals surface area (Å²) in [4.78, 5) is 10.2. The van der Waals surface area contributed by atoms with Gasteiger partial charge in [-0.1, -0.05) is 25.5 Å². The van der Waals surface area contributed by atoms with E-state index in [0.717, 1.165) is 13.0 Å². The van der Waals surface area contributed by atoms with Crippen LogP contribution in [-0.2, 0) is 0 Å². The maximum absolute atomic E-state index is 10.2. The highest BCUT2D eigenvalue weighted by Gasteiger charge is 2.38. The summed E-state index contributed by atoms with van der Waals surface area (Å²) in [7, 11) is -2.02. The molecule has 0 radical (unpaired) electrons. The van der Waals surface area contributed by atoms with Crippen LogP contribution in [0, 0.1) is 0 Å². The Morgan fingerprint density at radius 3 is 2.56 bits per heavy atom. The van der Waals surface area contributed by atoms with Crippen molar-refractivity contribution in [2.45, 2.75) is 64.2 Å². The van der Waals surface area contributed by atoms with Crippen LogP contribution in [0.1, 0.15) is 40.0 Å². The minimum absolute atomic E-state index is 0.118. The van der Waals surface area contributed by atoms with Gasteiger partial charge in [0.15, 0.2) is 8.32 Å². The van der Waals surface area contributed by atoms with E-state index in [4.69, 9.17) is 0 Å². The lowest BCUT2D eigenvalue weighted by Crippen LogP contribution is -2.39. The molecule has 3 heteroatoms. The van der Waals surface area contributed by atoms with E-state index < -0.39 is 8.32 Å². The minimum atomic E-state index is -2.02. The smallest absolute Gasteiger partial charge is 0.188 e. The first kappa shape index (κ1) is 13.9. The first-order chi connectivity index (χ1) is 7.26. The van der Waals surface area contributed by atoms with Crippen molar-refractivity contribution < 1.29 is 4.80 Å². The third-order valence-corrected chi connectivity index (χ3v) is 7.87. The summed E-state index contributed by atoms with van der Waals surface area (Å²) in [6, 6.07) is 0.627. The van der Waals surface area contributed by atoms with Crippen LogP contribution in [0.2, 0.25) is 18.1 Å². The SMILES string of the molecule is CC=C1CN[C@H](CCC(C)(C)[Si](C)(C)O)C1. The molecule has 1 aliphatic rings. The van der Waals surface area contributed by atoms with Crippen LogP contribution >= 0.6 is 0 Å². The van der Waals surface area contributed by atoms with E-state index in [1.807, 2.05) is 13.1 Å². The molecule has 2 N–H and O–H groups in total. The van der Waals surface area contributed by atoms with Crippen molar-refractivity contribution in [2.75, 3.05) is 6.54 Å². The molecule has 94 valence electrons. The van der Waals surface area contributed by atoms with Gasteiger partial charge in [-0.2, -0.15) is 0 Å². The Balaban J connectivity index is 2.41. The second kappa shape index (κ2) is 5.03. The van der Waals surface area contributed by atoms with Gasteiger partial charge in [-0.15, -0.1) is 0 Å². The molecule has 0 aliphatic carbocycles. The molecule has 0 aromatic heterocycles.